The number of pyridine rings is 1. The van der Waals surface area contributed by atoms with Crippen molar-refractivity contribution in [3.8, 4) is 6.01 Å². The van der Waals surface area contributed by atoms with Crippen molar-refractivity contribution in [2.24, 2.45) is 0 Å². The number of halogens is 2. The van der Waals surface area contributed by atoms with Crippen LogP contribution in [0.4, 0.5) is 10.2 Å². The summed E-state index contributed by atoms with van der Waals surface area (Å²) in [5.41, 5.74) is 0.0272. The minimum absolute atomic E-state index is 0.0817. The summed E-state index contributed by atoms with van der Waals surface area (Å²) in [6.07, 6.45) is 8.09. The standard InChI is InChI=1S/C39H48ClFN6O2Si/c1-38(2,3)50(30-12-7-5-8-13-30,31-14-9-6-10-15-31)49-25-29-18-20-39(19-11-21-47(29)39)26-48-37-43-34-32(22-42-35(40)33(34)41)36(44-37)46-23-27-16-17-28(24-46)45(27)4/h5-10,12-15,22,27-29H,11,16-21,23-26H2,1-4H3/t27?,28?,29-,39-/m1/s1. The number of hydrogen-bond acceptors (Lipinski definition) is 8. The van der Waals surface area contributed by atoms with Gasteiger partial charge in [-0.3, -0.25) is 9.80 Å². The molecular weight excluding hydrogens is 667 g/mol. The fourth-order valence-corrected chi connectivity index (χ4v) is 14.3. The predicted octanol–water partition coefficient (Wildman–Crippen LogP) is 6.05. The van der Waals surface area contributed by atoms with E-state index in [2.05, 4.69) is 113 Å². The number of hydrogen-bond donors (Lipinski definition) is 0. The maximum Gasteiger partial charge on any atom is 0.319 e. The molecule has 0 amide bonds. The van der Waals surface area contributed by atoms with Crippen molar-refractivity contribution in [3.63, 3.8) is 0 Å². The average Bonchev–Trinajstić information content (AvgIpc) is 3.73. The highest BCUT2D eigenvalue weighted by Crippen LogP contribution is 2.44. The van der Waals surface area contributed by atoms with Crippen molar-refractivity contribution in [2.75, 3.05) is 44.8 Å². The Labute approximate surface area is 301 Å². The third-order valence-electron chi connectivity index (χ3n) is 12.2. The van der Waals surface area contributed by atoms with E-state index in [4.69, 9.17) is 25.7 Å². The number of nitrogens with zero attached hydrogens (tertiary/aromatic N) is 6. The number of likely N-dealkylation sites (N-methyl/N-ethyl adjacent to an activating group) is 1. The molecule has 4 aliphatic heterocycles. The van der Waals surface area contributed by atoms with Crippen molar-refractivity contribution in [1.82, 2.24) is 24.8 Å². The van der Waals surface area contributed by atoms with Crippen LogP contribution in [0.5, 0.6) is 6.01 Å². The molecule has 4 aliphatic rings. The molecule has 0 spiro atoms. The van der Waals surface area contributed by atoms with Crippen LogP contribution < -0.4 is 20.0 Å². The van der Waals surface area contributed by atoms with E-state index in [0.717, 1.165) is 58.2 Å². The number of aromatic nitrogens is 3. The first-order valence-corrected chi connectivity index (χ1v) is 20.5. The van der Waals surface area contributed by atoms with Gasteiger partial charge in [0.1, 0.15) is 17.9 Å². The van der Waals surface area contributed by atoms with E-state index in [1.165, 1.54) is 10.4 Å². The van der Waals surface area contributed by atoms with Gasteiger partial charge in [0.15, 0.2) is 11.0 Å². The smallest absolute Gasteiger partial charge is 0.319 e. The maximum atomic E-state index is 15.5. The molecule has 4 saturated heterocycles. The molecule has 0 radical (unpaired) electrons. The lowest BCUT2D eigenvalue weighted by molar-refractivity contribution is 0.0670. The van der Waals surface area contributed by atoms with Gasteiger partial charge in [0.05, 0.1) is 17.5 Å². The Kier molecular flexibility index (Phi) is 8.91. The number of piperazine rings is 1. The molecule has 2 aromatic carbocycles. The van der Waals surface area contributed by atoms with Crippen molar-refractivity contribution >= 4 is 47.0 Å². The minimum Gasteiger partial charge on any atom is -0.461 e. The Morgan fingerprint density at radius 3 is 2.24 bits per heavy atom. The summed E-state index contributed by atoms with van der Waals surface area (Å²) in [6, 6.07) is 23.1. The highest BCUT2D eigenvalue weighted by atomic mass is 35.5. The normalized spacial score (nSPS) is 25.8. The molecule has 6 heterocycles. The Hall–Kier alpha value is -3.15. The van der Waals surface area contributed by atoms with Crippen molar-refractivity contribution in [2.45, 2.75) is 88.0 Å². The fourth-order valence-electron chi connectivity index (χ4n) is 9.56. The van der Waals surface area contributed by atoms with E-state index < -0.39 is 14.1 Å². The molecule has 0 saturated carbocycles. The third kappa shape index (κ3) is 5.71. The maximum absolute atomic E-state index is 15.5. The van der Waals surface area contributed by atoms with Crippen molar-refractivity contribution in [1.29, 1.82) is 0 Å². The quantitative estimate of drug-likeness (QED) is 0.153. The third-order valence-corrected chi connectivity index (χ3v) is 17.4. The van der Waals surface area contributed by atoms with E-state index in [-0.39, 0.29) is 33.3 Å². The number of benzene rings is 2. The van der Waals surface area contributed by atoms with Crippen molar-refractivity contribution in [3.05, 3.63) is 77.8 Å². The first kappa shape index (κ1) is 34.0. The topological polar surface area (TPSA) is 66.9 Å². The van der Waals surface area contributed by atoms with Crippen LogP contribution >= 0.6 is 11.6 Å². The molecule has 8 nitrogen and oxygen atoms in total. The Balaban J connectivity index is 1.05. The molecule has 50 heavy (non-hydrogen) atoms. The summed E-state index contributed by atoms with van der Waals surface area (Å²) in [7, 11) is -0.459. The average molecular weight is 715 g/mol. The molecule has 2 aromatic heterocycles. The molecule has 4 atom stereocenters. The lowest BCUT2D eigenvalue weighted by Gasteiger charge is -2.44. The molecule has 264 valence electrons. The zero-order valence-electron chi connectivity index (χ0n) is 29.6. The molecule has 2 bridgehead atoms. The molecule has 0 aliphatic carbocycles. The lowest BCUT2D eigenvalue weighted by atomic mass is 9.95. The van der Waals surface area contributed by atoms with Crippen LogP contribution in [0.2, 0.25) is 10.2 Å². The number of anilines is 1. The van der Waals surface area contributed by atoms with Crippen LogP contribution in [0.15, 0.2) is 66.9 Å². The second-order valence-corrected chi connectivity index (χ2v) is 20.6. The summed E-state index contributed by atoms with van der Waals surface area (Å²) in [5.74, 6) is 0.0543. The summed E-state index contributed by atoms with van der Waals surface area (Å²) >= 11 is 6.17. The van der Waals surface area contributed by atoms with Crippen LogP contribution in [-0.2, 0) is 4.43 Å². The summed E-state index contributed by atoms with van der Waals surface area (Å²) < 4.78 is 29.4. The van der Waals surface area contributed by atoms with Gasteiger partial charge in [0, 0.05) is 37.4 Å². The minimum atomic E-state index is -2.66. The monoisotopic (exact) mass is 714 g/mol. The van der Waals surface area contributed by atoms with Gasteiger partial charge >= 0.3 is 6.01 Å². The molecule has 4 aromatic rings. The van der Waals surface area contributed by atoms with Crippen LogP contribution in [0.25, 0.3) is 10.9 Å². The van der Waals surface area contributed by atoms with Crippen molar-refractivity contribution < 1.29 is 13.6 Å². The van der Waals surface area contributed by atoms with Gasteiger partial charge in [-0.25, -0.2) is 9.37 Å². The molecular formula is C39H48ClFN6O2Si. The predicted molar refractivity (Wildman–Crippen MR) is 200 cm³/mol. The van der Waals surface area contributed by atoms with E-state index in [1.807, 2.05) is 0 Å². The Morgan fingerprint density at radius 1 is 0.940 bits per heavy atom. The highest BCUT2D eigenvalue weighted by molar-refractivity contribution is 6.99. The molecule has 4 fully saturated rings. The van der Waals surface area contributed by atoms with Crippen LogP contribution in [0.1, 0.15) is 59.3 Å². The highest BCUT2D eigenvalue weighted by Gasteiger charge is 2.54. The number of rotatable bonds is 9. The Bertz CT molecular complexity index is 1790. The van der Waals surface area contributed by atoms with Gasteiger partial charge in [0.2, 0.25) is 0 Å². The summed E-state index contributed by atoms with van der Waals surface area (Å²) in [4.78, 5) is 21.1. The van der Waals surface area contributed by atoms with E-state index >= 15 is 4.39 Å². The largest absolute Gasteiger partial charge is 0.461 e. The summed E-state index contributed by atoms with van der Waals surface area (Å²) in [6.45, 7) is 10.8. The molecule has 0 N–H and O–H groups in total. The first-order chi connectivity index (χ1) is 24.1. The molecule has 11 heteroatoms. The van der Waals surface area contributed by atoms with Gasteiger partial charge < -0.3 is 14.1 Å². The van der Waals surface area contributed by atoms with E-state index in [9.17, 15) is 0 Å². The van der Waals surface area contributed by atoms with E-state index in [0.29, 0.717) is 36.5 Å². The van der Waals surface area contributed by atoms with Crippen LogP contribution in [-0.4, -0.2) is 96.6 Å². The zero-order valence-corrected chi connectivity index (χ0v) is 31.4. The zero-order chi connectivity index (χ0) is 34.7. The van der Waals surface area contributed by atoms with Gasteiger partial charge in [-0.1, -0.05) is 93.0 Å². The number of ether oxygens (including phenoxy) is 1. The number of fused-ring (bicyclic) bond motifs is 4. The van der Waals surface area contributed by atoms with Crippen LogP contribution in [0.3, 0.4) is 0 Å². The van der Waals surface area contributed by atoms with Gasteiger partial charge in [-0.2, -0.15) is 9.97 Å². The first-order valence-electron chi connectivity index (χ1n) is 18.2. The van der Waals surface area contributed by atoms with Gasteiger partial charge in [-0.05, 0) is 67.5 Å². The summed E-state index contributed by atoms with van der Waals surface area (Å²) in [5, 5.41) is 2.90. The lowest BCUT2D eigenvalue weighted by Crippen LogP contribution is -2.67. The fraction of sp³-hybridized carbons (Fsp3) is 0.513. The molecule has 2 unspecified atom stereocenters. The van der Waals surface area contributed by atoms with Gasteiger partial charge in [0.25, 0.3) is 8.32 Å². The SMILES string of the molecule is CN1C2CCC1CN(c1nc(OC[C@]34CCCN3[C@@H](CO[Si](c3ccccc3)(c3ccccc3)C(C)(C)C)CC4)nc3c(F)c(Cl)ncc13)C2. The second-order valence-electron chi connectivity index (χ2n) is 15.9. The van der Waals surface area contributed by atoms with Crippen LogP contribution in [0, 0.1) is 5.82 Å². The second kappa shape index (κ2) is 13.1. The van der Waals surface area contributed by atoms with Gasteiger partial charge in [-0.15, -0.1) is 0 Å². The molecule has 8 rings (SSSR count). The Morgan fingerprint density at radius 2 is 1.60 bits per heavy atom. The van der Waals surface area contributed by atoms with E-state index in [1.54, 1.807) is 6.20 Å².